The van der Waals surface area contributed by atoms with Crippen LogP contribution in [0.3, 0.4) is 0 Å². The second-order valence-electron chi connectivity index (χ2n) is 4.40. The first kappa shape index (κ1) is 13.1. The van der Waals surface area contributed by atoms with Crippen molar-refractivity contribution in [1.29, 1.82) is 0 Å². The molecule has 0 spiro atoms. The van der Waals surface area contributed by atoms with E-state index in [0.29, 0.717) is 17.5 Å². The third-order valence-electron chi connectivity index (χ3n) is 3.07. The lowest BCUT2D eigenvalue weighted by Crippen LogP contribution is -2.39. The number of carbonyl (C=O) groups excluding carboxylic acids is 1. The summed E-state index contributed by atoms with van der Waals surface area (Å²) in [5.41, 5.74) is 0. The maximum Gasteiger partial charge on any atom is 0.310 e. The van der Waals surface area contributed by atoms with E-state index in [4.69, 9.17) is 16.3 Å². The Labute approximate surface area is 111 Å². The van der Waals surface area contributed by atoms with Crippen LogP contribution in [0.2, 0.25) is 5.15 Å². The number of anilines is 1. The van der Waals surface area contributed by atoms with Crippen LogP contribution >= 0.6 is 11.6 Å². The van der Waals surface area contributed by atoms with Gasteiger partial charge in [-0.15, -0.1) is 0 Å². The molecule has 1 aliphatic rings. The number of methoxy groups -OCH3 is 1. The highest BCUT2D eigenvalue weighted by Gasteiger charge is 2.27. The molecule has 1 saturated heterocycles. The van der Waals surface area contributed by atoms with Crippen LogP contribution < -0.4 is 4.90 Å². The normalized spacial score (nSPS) is 19.7. The molecule has 6 heteroatoms. The molecule has 1 aromatic rings. The van der Waals surface area contributed by atoms with E-state index >= 15 is 0 Å². The van der Waals surface area contributed by atoms with Crippen molar-refractivity contribution in [2.45, 2.75) is 19.8 Å². The molecule has 0 N–H and O–H groups in total. The summed E-state index contributed by atoms with van der Waals surface area (Å²) in [6.45, 7) is 3.30. The number of carbonyl (C=O) groups is 1. The number of halogens is 1. The number of hydrogen-bond acceptors (Lipinski definition) is 5. The Morgan fingerprint density at radius 1 is 1.56 bits per heavy atom. The van der Waals surface area contributed by atoms with Crippen molar-refractivity contribution >= 4 is 23.4 Å². The van der Waals surface area contributed by atoms with Crippen molar-refractivity contribution in [3.63, 3.8) is 0 Å². The standard InChI is InChI=1S/C12H16ClN3O2/c1-8-14-10(13)6-11(15-8)16-5-3-4-9(7-16)12(17)18-2/h6,9H,3-5,7H2,1-2H3. The first-order chi connectivity index (χ1) is 8.60. The second kappa shape index (κ2) is 5.52. The van der Waals surface area contributed by atoms with Gasteiger partial charge in [-0.3, -0.25) is 4.79 Å². The molecule has 98 valence electrons. The zero-order chi connectivity index (χ0) is 13.1. The Morgan fingerprint density at radius 2 is 2.33 bits per heavy atom. The fourth-order valence-electron chi connectivity index (χ4n) is 2.22. The molecule has 18 heavy (non-hydrogen) atoms. The van der Waals surface area contributed by atoms with Gasteiger partial charge in [-0.1, -0.05) is 11.6 Å². The predicted molar refractivity (Wildman–Crippen MR) is 68.7 cm³/mol. The van der Waals surface area contributed by atoms with Gasteiger partial charge in [0.1, 0.15) is 16.8 Å². The molecule has 1 unspecified atom stereocenters. The van der Waals surface area contributed by atoms with Crippen LogP contribution in [0.15, 0.2) is 6.07 Å². The van der Waals surface area contributed by atoms with Crippen molar-refractivity contribution in [2.75, 3.05) is 25.1 Å². The van der Waals surface area contributed by atoms with Gasteiger partial charge in [-0.25, -0.2) is 9.97 Å². The highest BCUT2D eigenvalue weighted by Crippen LogP contribution is 2.24. The minimum Gasteiger partial charge on any atom is -0.469 e. The summed E-state index contributed by atoms with van der Waals surface area (Å²) in [7, 11) is 1.42. The highest BCUT2D eigenvalue weighted by molar-refractivity contribution is 6.29. The van der Waals surface area contributed by atoms with Gasteiger partial charge in [0.15, 0.2) is 0 Å². The van der Waals surface area contributed by atoms with Gasteiger partial charge in [0.2, 0.25) is 0 Å². The molecule has 2 heterocycles. The van der Waals surface area contributed by atoms with E-state index < -0.39 is 0 Å². The van der Waals surface area contributed by atoms with Crippen molar-refractivity contribution in [3.8, 4) is 0 Å². The van der Waals surface area contributed by atoms with Crippen LogP contribution in [0.4, 0.5) is 5.82 Å². The maximum atomic E-state index is 11.6. The summed E-state index contributed by atoms with van der Waals surface area (Å²) in [5, 5.41) is 0.428. The SMILES string of the molecule is COC(=O)C1CCCN(c2cc(Cl)nc(C)n2)C1. The molecule has 1 fully saturated rings. The van der Waals surface area contributed by atoms with Gasteiger partial charge in [-0.2, -0.15) is 0 Å². The van der Waals surface area contributed by atoms with Crippen LogP contribution in [0.25, 0.3) is 0 Å². The molecule has 5 nitrogen and oxygen atoms in total. The highest BCUT2D eigenvalue weighted by atomic mass is 35.5. The Balaban J connectivity index is 2.15. The van der Waals surface area contributed by atoms with Crippen LogP contribution in [0, 0.1) is 12.8 Å². The van der Waals surface area contributed by atoms with Gasteiger partial charge in [0, 0.05) is 19.2 Å². The van der Waals surface area contributed by atoms with E-state index in [-0.39, 0.29) is 11.9 Å². The van der Waals surface area contributed by atoms with Crippen molar-refractivity contribution in [1.82, 2.24) is 9.97 Å². The van der Waals surface area contributed by atoms with E-state index in [1.807, 2.05) is 0 Å². The molecule has 0 radical (unpaired) electrons. The number of esters is 1. The summed E-state index contributed by atoms with van der Waals surface area (Å²) in [4.78, 5) is 22.0. The average Bonchev–Trinajstić information content (AvgIpc) is 2.37. The molecule has 1 atom stereocenters. The number of ether oxygens (including phenoxy) is 1. The van der Waals surface area contributed by atoms with Crippen molar-refractivity contribution in [2.24, 2.45) is 5.92 Å². The molecule has 0 saturated carbocycles. The van der Waals surface area contributed by atoms with Gasteiger partial charge in [-0.05, 0) is 19.8 Å². The van der Waals surface area contributed by atoms with E-state index in [1.165, 1.54) is 7.11 Å². The maximum absolute atomic E-state index is 11.6. The monoisotopic (exact) mass is 269 g/mol. The molecule has 0 aliphatic carbocycles. The number of hydrogen-bond donors (Lipinski definition) is 0. The largest absolute Gasteiger partial charge is 0.469 e. The summed E-state index contributed by atoms with van der Waals surface area (Å²) < 4.78 is 4.80. The van der Waals surface area contributed by atoms with Crippen LogP contribution in [-0.2, 0) is 9.53 Å². The molecular formula is C12H16ClN3O2. The number of piperidine rings is 1. The van der Waals surface area contributed by atoms with Crippen LogP contribution in [0.5, 0.6) is 0 Å². The van der Waals surface area contributed by atoms with E-state index in [2.05, 4.69) is 14.9 Å². The van der Waals surface area contributed by atoms with Crippen LogP contribution in [0.1, 0.15) is 18.7 Å². The molecule has 0 amide bonds. The second-order valence-corrected chi connectivity index (χ2v) is 4.79. The van der Waals surface area contributed by atoms with Gasteiger partial charge in [0.25, 0.3) is 0 Å². The molecule has 1 aromatic heterocycles. The molecular weight excluding hydrogens is 254 g/mol. The van der Waals surface area contributed by atoms with Crippen molar-refractivity contribution < 1.29 is 9.53 Å². The minimum absolute atomic E-state index is 0.0854. The topological polar surface area (TPSA) is 55.3 Å². The van der Waals surface area contributed by atoms with E-state index in [1.54, 1.807) is 13.0 Å². The molecule has 0 aromatic carbocycles. The lowest BCUT2D eigenvalue weighted by atomic mass is 9.98. The summed E-state index contributed by atoms with van der Waals surface area (Å²) >= 11 is 5.93. The van der Waals surface area contributed by atoms with E-state index in [9.17, 15) is 4.79 Å². The Hall–Kier alpha value is -1.36. The fourth-order valence-corrected chi connectivity index (χ4v) is 2.44. The third kappa shape index (κ3) is 2.90. The zero-order valence-corrected chi connectivity index (χ0v) is 11.3. The number of aryl methyl sites for hydroxylation is 1. The van der Waals surface area contributed by atoms with Gasteiger partial charge < -0.3 is 9.64 Å². The predicted octanol–water partition coefficient (Wildman–Crippen LogP) is 1.83. The van der Waals surface area contributed by atoms with E-state index in [0.717, 1.165) is 25.2 Å². The minimum atomic E-state index is -0.156. The number of aromatic nitrogens is 2. The Kier molecular flexibility index (Phi) is 4.01. The first-order valence-corrected chi connectivity index (χ1v) is 6.32. The lowest BCUT2D eigenvalue weighted by molar-refractivity contribution is -0.145. The third-order valence-corrected chi connectivity index (χ3v) is 3.27. The molecule has 0 bridgehead atoms. The van der Waals surface area contributed by atoms with Gasteiger partial charge >= 0.3 is 5.97 Å². The van der Waals surface area contributed by atoms with Gasteiger partial charge in [0.05, 0.1) is 13.0 Å². The summed E-state index contributed by atoms with van der Waals surface area (Å²) in [6.07, 6.45) is 1.81. The fraction of sp³-hybridized carbons (Fsp3) is 0.583. The zero-order valence-electron chi connectivity index (χ0n) is 10.5. The first-order valence-electron chi connectivity index (χ1n) is 5.94. The number of nitrogens with zero attached hydrogens (tertiary/aromatic N) is 3. The Bertz CT molecular complexity index is 433. The smallest absolute Gasteiger partial charge is 0.310 e. The summed E-state index contributed by atoms with van der Waals surface area (Å²) in [6, 6.07) is 1.73. The quantitative estimate of drug-likeness (QED) is 0.606. The van der Waals surface area contributed by atoms with Crippen molar-refractivity contribution in [3.05, 3.63) is 17.0 Å². The lowest BCUT2D eigenvalue weighted by Gasteiger charge is -2.32. The average molecular weight is 270 g/mol. The molecule has 1 aliphatic heterocycles. The summed E-state index contributed by atoms with van der Waals surface area (Å²) in [5.74, 6) is 1.17. The van der Waals surface area contributed by atoms with Crippen LogP contribution in [-0.4, -0.2) is 36.1 Å². The molecule has 2 rings (SSSR count). The number of rotatable bonds is 2. The Morgan fingerprint density at radius 3 is 3.00 bits per heavy atom.